The molecule has 2 heterocycles. The van der Waals surface area contributed by atoms with Gasteiger partial charge in [-0.05, 0) is 43.7 Å². The van der Waals surface area contributed by atoms with E-state index in [1.54, 1.807) is 0 Å². The highest BCUT2D eigenvalue weighted by Crippen LogP contribution is 2.33. The van der Waals surface area contributed by atoms with Gasteiger partial charge in [0.2, 0.25) is 0 Å². The summed E-state index contributed by atoms with van der Waals surface area (Å²) in [7, 11) is 2.00. The van der Waals surface area contributed by atoms with Gasteiger partial charge in [-0.2, -0.15) is 0 Å². The Labute approximate surface area is 143 Å². The highest BCUT2D eigenvalue weighted by atomic mass is 16.3. The molecular formula is C21H24N2O. The molecule has 2 aromatic carbocycles. The highest BCUT2D eigenvalue weighted by Gasteiger charge is 2.27. The van der Waals surface area contributed by atoms with Crippen molar-refractivity contribution in [2.24, 2.45) is 0 Å². The van der Waals surface area contributed by atoms with Crippen molar-refractivity contribution in [2.45, 2.75) is 39.1 Å². The molecule has 0 spiro atoms. The third-order valence-electron chi connectivity index (χ3n) is 5.20. The predicted molar refractivity (Wildman–Crippen MR) is 98.0 cm³/mol. The van der Waals surface area contributed by atoms with Crippen LogP contribution in [0.5, 0.6) is 0 Å². The average molecular weight is 320 g/mol. The molecule has 0 bridgehead atoms. The molecule has 124 valence electrons. The van der Waals surface area contributed by atoms with E-state index in [-0.39, 0.29) is 0 Å². The van der Waals surface area contributed by atoms with Crippen molar-refractivity contribution in [1.82, 2.24) is 9.47 Å². The van der Waals surface area contributed by atoms with Crippen LogP contribution in [0.3, 0.4) is 0 Å². The summed E-state index contributed by atoms with van der Waals surface area (Å²) in [5, 5.41) is 11.7. The van der Waals surface area contributed by atoms with E-state index in [1.165, 1.54) is 33.3 Å². The minimum atomic E-state index is -0.390. The Kier molecular flexibility index (Phi) is 3.91. The van der Waals surface area contributed by atoms with Crippen molar-refractivity contribution in [3.05, 3.63) is 70.9 Å². The van der Waals surface area contributed by atoms with Crippen LogP contribution < -0.4 is 0 Å². The molecule has 1 atom stereocenters. The van der Waals surface area contributed by atoms with E-state index in [0.717, 1.165) is 19.5 Å². The molecule has 1 aliphatic heterocycles. The van der Waals surface area contributed by atoms with Gasteiger partial charge in [0.1, 0.15) is 6.23 Å². The first-order valence-corrected chi connectivity index (χ1v) is 8.66. The van der Waals surface area contributed by atoms with Crippen LogP contribution in [0.25, 0.3) is 10.9 Å². The smallest absolute Gasteiger partial charge is 0.112 e. The number of benzene rings is 2. The van der Waals surface area contributed by atoms with Gasteiger partial charge in [0.25, 0.3) is 0 Å². The van der Waals surface area contributed by atoms with Crippen LogP contribution in [-0.2, 0) is 25.9 Å². The SMILES string of the molecule is Cc1ccc2c(c1)c1c(n2CCc2ccccc2)CC(O)N(C)C1. The number of fused-ring (bicyclic) bond motifs is 3. The molecule has 1 aromatic heterocycles. The summed E-state index contributed by atoms with van der Waals surface area (Å²) in [5.74, 6) is 0. The van der Waals surface area contributed by atoms with Gasteiger partial charge >= 0.3 is 0 Å². The molecule has 4 rings (SSSR count). The Morgan fingerprint density at radius 3 is 2.71 bits per heavy atom. The van der Waals surface area contributed by atoms with E-state index >= 15 is 0 Å². The second kappa shape index (κ2) is 6.08. The van der Waals surface area contributed by atoms with Gasteiger partial charge in [0, 0.05) is 36.1 Å². The maximum absolute atomic E-state index is 10.3. The molecule has 0 aliphatic carbocycles. The van der Waals surface area contributed by atoms with Crippen LogP contribution in [-0.4, -0.2) is 27.8 Å². The van der Waals surface area contributed by atoms with E-state index in [1.807, 2.05) is 11.9 Å². The number of likely N-dealkylation sites (N-methyl/N-ethyl adjacent to an activating group) is 1. The number of hydrogen-bond donors (Lipinski definition) is 1. The number of aromatic nitrogens is 1. The van der Waals surface area contributed by atoms with Crippen LogP contribution in [0.2, 0.25) is 0 Å². The summed E-state index contributed by atoms with van der Waals surface area (Å²) in [6.07, 6.45) is 1.32. The molecule has 0 radical (unpaired) electrons. The Morgan fingerprint density at radius 1 is 1.12 bits per heavy atom. The largest absolute Gasteiger partial charge is 0.378 e. The molecule has 0 fully saturated rings. The van der Waals surface area contributed by atoms with Gasteiger partial charge in [-0.3, -0.25) is 4.90 Å². The van der Waals surface area contributed by atoms with E-state index in [9.17, 15) is 5.11 Å². The molecular weight excluding hydrogens is 296 g/mol. The fraction of sp³-hybridized carbons (Fsp3) is 0.333. The lowest BCUT2D eigenvalue weighted by Gasteiger charge is -2.29. The van der Waals surface area contributed by atoms with Crippen LogP contribution in [0.15, 0.2) is 48.5 Å². The second-order valence-electron chi connectivity index (χ2n) is 6.93. The summed E-state index contributed by atoms with van der Waals surface area (Å²) >= 11 is 0. The van der Waals surface area contributed by atoms with E-state index < -0.39 is 6.23 Å². The number of rotatable bonds is 3. The molecule has 1 unspecified atom stereocenters. The molecule has 0 saturated carbocycles. The van der Waals surface area contributed by atoms with Gasteiger partial charge in [-0.25, -0.2) is 0 Å². The zero-order valence-electron chi connectivity index (χ0n) is 14.4. The quantitative estimate of drug-likeness (QED) is 0.800. The van der Waals surface area contributed by atoms with Crippen molar-refractivity contribution >= 4 is 10.9 Å². The summed E-state index contributed by atoms with van der Waals surface area (Å²) in [6, 6.07) is 17.3. The van der Waals surface area contributed by atoms with Crippen LogP contribution in [0.4, 0.5) is 0 Å². The van der Waals surface area contributed by atoms with Crippen molar-refractivity contribution in [2.75, 3.05) is 7.05 Å². The topological polar surface area (TPSA) is 28.4 Å². The zero-order valence-corrected chi connectivity index (χ0v) is 14.4. The van der Waals surface area contributed by atoms with Crippen molar-refractivity contribution in [3.8, 4) is 0 Å². The third-order valence-corrected chi connectivity index (χ3v) is 5.20. The summed E-state index contributed by atoms with van der Waals surface area (Å²) in [5.41, 5.74) is 6.63. The average Bonchev–Trinajstić information content (AvgIpc) is 2.87. The lowest BCUT2D eigenvalue weighted by Crippen LogP contribution is -2.37. The van der Waals surface area contributed by atoms with Gasteiger partial charge in [-0.15, -0.1) is 0 Å². The molecule has 0 amide bonds. The van der Waals surface area contributed by atoms with Gasteiger partial charge < -0.3 is 9.67 Å². The first-order chi connectivity index (χ1) is 11.6. The van der Waals surface area contributed by atoms with Crippen LogP contribution in [0.1, 0.15) is 22.4 Å². The lowest BCUT2D eigenvalue weighted by atomic mass is 10.0. The zero-order chi connectivity index (χ0) is 16.7. The Hall–Kier alpha value is -2.10. The fourth-order valence-electron chi connectivity index (χ4n) is 3.83. The molecule has 3 aromatic rings. The van der Waals surface area contributed by atoms with Crippen LogP contribution in [0, 0.1) is 6.92 Å². The van der Waals surface area contributed by atoms with Crippen molar-refractivity contribution in [3.63, 3.8) is 0 Å². The van der Waals surface area contributed by atoms with Crippen molar-refractivity contribution in [1.29, 1.82) is 0 Å². The summed E-state index contributed by atoms with van der Waals surface area (Å²) in [6.45, 7) is 3.92. The Balaban J connectivity index is 1.78. The number of aryl methyl sites for hydroxylation is 3. The first-order valence-electron chi connectivity index (χ1n) is 8.66. The number of nitrogens with zero attached hydrogens (tertiary/aromatic N) is 2. The summed E-state index contributed by atoms with van der Waals surface area (Å²) in [4.78, 5) is 2.03. The standard InChI is InChI=1S/C21H24N2O/c1-15-8-9-19-17(12-15)18-14-22(2)21(24)13-20(18)23(19)11-10-16-6-4-3-5-7-16/h3-9,12,21,24H,10-11,13-14H2,1-2H3. The third kappa shape index (κ3) is 2.64. The minimum absolute atomic E-state index is 0.390. The maximum atomic E-state index is 10.3. The monoisotopic (exact) mass is 320 g/mol. The number of aliphatic hydroxyl groups is 1. The fourth-order valence-corrected chi connectivity index (χ4v) is 3.83. The summed E-state index contributed by atoms with van der Waals surface area (Å²) < 4.78 is 2.42. The van der Waals surface area contributed by atoms with Crippen LogP contribution >= 0.6 is 0 Å². The first kappa shape index (κ1) is 15.4. The molecule has 0 saturated heterocycles. The molecule has 1 aliphatic rings. The van der Waals surface area contributed by atoms with Gasteiger partial charge in [0.05, 0.1) is 0 Å². The van der Waals surface area contributed by atoms with Gasteiger partial charge in [-0.1, -0.05) is 42.0 Å². The normalized spacial score (nSPS) is 18.0. The van der Waals surface area contributed by atoms with Gasteiger partial charge in [0.15, 0.2) is 0 Å². The Morgan fingerprint density at radius 2 is 1.92 bits per heavy atom. The van der Waals surface area contributed by atoms with E-state index in [2.05, 4.69) is 60.0 Å². The number of hydrogen-bond acceptors (Lipinski definition) is 2. The highest BCUT2D eigenvalue weighted by molar-refractivity contribution is 5.86. The van der Waals surface area contributed by atoms with E-state index in [0.29, 0.717) is 6.42 Å². The van der Waals surface area contributed by atoms with E-state index in [4.69, 9.17) is 0 Å². The Bertz CT molecular complexity index is 866. The predicted octanol–water partition coefficient (Wildman–Crippen LogP) is 3.50. The molecule has 24 heavy (non-hydrogen) atoms. The maximum Gasteiger partial charge on any atom is 0.112 e. The lowest BCUT2D eigenvalue weighted by molar-refractivity contribution is 0.00759. The van der Waals surface area contributed by atoms with Crippen molar-refractivity contribution < 1.29 is 5.11 Å². The molecule has 3 nitrogen and oxygen atoms in total. The number of aliphatic hydroxyl groups excluding tert-OH is 1. The minimum Gasteiger partial charge on any atom is -0.378 e. The second-order valence-corrected chi connectivity index (χ2v) is 6.93. The molecule has 1 N–H and O–H groups in total. The molecule has 3 heteroatoms.